The second kappa shape index (κ2) is 8.99. The number of allylic oxidation sites excluding steroid dienone is 2. The van der Waals surface area contributed by atoms with Crippen molar-refractivity contribution in [3.63, 3.8) is 0 Å². The second-order valence-corrected chi connectivity index (χ2v) is 6.86. The van der Waals surface area contributed by atoms with Crippen molar-refractivity contribution in [2.24, 2.45) is 0 Å². The Morgan fingerprint density at radius 1 is 1.33 bits per heavy atom. The van der Waals surface area contributed by atoms with Crippen LogP contribution >= 0.6 is 0 Å². The maximum atomic E-state index is 12.9. The Balaban J connectivity index is 1.92. The molecule has 0 amide bonds. The van der Waals surface area contributed by atoms with E-state index in [0.717, 1.165) is 38.5 Å². The molecule has 0 saturated heterocycles. The number of nitrogens with zero attached hydrogens (tertiary/aromatic N) is 1. The lowest BCUT2D eigenvalue weighted by atomic mass is 9.74. The van der Waals surface area contributed by atoms with Crippen LogP contribution in [0.15, 0.2) is 36.2 Å². The van der Waals surface area contributed by atoms with Gasteiger partial charge >= 0.3 is 0 Å². The van der Waals surface area contributed by atoms with Crippen LogP contribution in [0.25, 0.3) is 0 Å². The van der Waals surface area contributed by atoms with Gasteiger partial charge in [-0.15, -0.1) is 0 Å². The van der Waals surface area contributed by atoms with Crippen molar-refractivity contribution in [2.75, 3.05) is 7.11 Å². The van der Waals surface area contributed by atoms with Crippen LogP contribution in [-0.4, -0.2) is 12.7 Å². The maximum absolute atomic E-state index is 12.9. The molecule has 0 N–H and O–H groups in total. The summed E-state index contributed by atoms with van der Waals surface area (Å²) in [5, 5.41) is 8.48. The first-order chi connectivity index (χ1) is 11.6. The minimum Gasteiger partial charge on any atom is -0.378 e. The van der Waals surface area contributed by atoms with Crippen molar-refractivity contribution in [1.82, 2.24) is 0 Å². The standard InChI is InChI=1S/C21H28FNO/c1-3-5-17-7-9-18(10-8-17)19-11-14-21(24-2,15-12-19)13-4-6-20(22)16-23/h6-10,19H,3-5,11-15H2,1-2H3/t19-,21+. The van der Waals surface area contributed by atoms with Gasteiger partial charge in [0.25, 0.3) is 0 Å². The molecule has 1 saturated carbocycles. The number of aryl methyl sites for hydroxylation is 1. The largest absolute Gasteiger partial charge is 0.378 e. The molecule has 0 spiro atoms. The van der Waals surface area contributed by atoms with E-state index in [1.54, 1.807) is 7.11 Å². The van der Waals surface area contributed by atoms with Crippen LogP contribution in [0.1, 0.15) is 68.9 Å². The summed E-state index contributed by atoms with van der Waals surface area (Å²) in [5.74, 6) is -0.0996. The third kappa shape index (κ3) is 4.92. The highest BCUT2D eigenvalue weighted by Crippen LogP contribution is 2.42. The number of hydrogen-bond donors (Lipinski definition) is 0. The number of halogens is 1. The molecule has 0 unspecified atom stereocenters. The van der Waals surface area contributed by atoms with Gasteiger partial charge in [0.2, 0.25) is 0 Å². The number of benzene rings is 1. The minimum atomic E-state index is -0.692. The number of ether oxygens (including phenoxy) is 1. The molecule has 0 bridgehead atoms. The monoisotopic (exact) mass is 329 g/mol. The molecule has 1 aliphatic carbocycles. The number of nitriles is 1. The third-order valence-corrected chi connectivity index (χ3v) is 5.35. The van der Waals surface area contributed by atoms with E-state index < -0.39 is 5.83 Å². The number of rotatable bonds is 7. The highest BCUT2D eigenvalue weighted by atomic mass is 19.1. The Morgan fingerprint density at radius 2 is 2.00 bits per heavy atom. The quantitative estimate of drug-likeness (QED) is 0.589. The first-order valence-electron chi connectivity index (χ1n) is 9.02. The summed E-state index contributed by atoms with van der Waals surface area (Å²) in [6.07, 6.45) is 9.23. The van der Waals surface area contributed by atoms with Crippen LogP contribution in [0.3, 0.4) is 0 Å². The molecule has 0 atom stereocenters. The topological polar surface area (TPSA) is 33.0 Å². The van der Waals surface area contributed by atoms with E-state index in [4.69, 9.17) is 10.00 Å². The molecule has 1 aromatic rings. The summed E-state index contributed by atoms with van der Waals surface area (Å²) >= 11 is 0. The molecular formula is C21H28FNO. The fraction of sp³-hybridized carbons (Fsp3) is 0.571. The minimum absolute atomic E-state index is 0.162. The van der Waals surface area contributed by atoms with Crippen LogP contribution in [-0.2, 0) is 11.2 Å². The fourth-order valence-electron chi connectivity index (χ4n) is 3.79. The van der Waals surface area contributed by atoms with E-state index in [-0.39, 0.29) is 5.60 Å². The van der Waals surface area contributed by atoms with Crippen LogP contribution < -0.4 is 0 Å². The van der Waals surface area contributed by atoms with Crippen molar-refractivity contribution < 1.29 is 9.13 Å². The highest BCUT2D eigenvalue weighted by Gasteiger charge is 2.35. The van der Waals surface area contributed by atoms with E-state index in [1.165, 1.54) is 29.7 Å². The molecule has 1 aromatic carbocycles. The molecule has 0 aliphatic heterocycles. The van der Waals surface area contributed by atoms with Gasteiger partial charge in [0, 0.05) is 7.11 Å². The Hall–Kier alpha value is -1.66. The van der Waals surface area contributed by atoms with Crippen molar-refractivity contribution >= 4 is 0 Å². The van der Waals surface area contributed by atoms with Crippen LogP contribution in [0, 0.1) is 11.3 Å². The van der Waals surface area contributed by atoms with Gasteiger partial charge in [0.1, 0.15) is 6.07 Å². The maximum Gasteiger partial charge on any atom is 0.196 e. The molecule has 1 aliphatic rings. The smallest absolute Gasteiger partial charge is 0.196 e. The van der Waals surface area contributed by atoms with Gasteiger partial charge in [-0.3, -0.25) is 0 Å². The van der Waals surface area contributed by atoms with Crippen LogP contribution in [0.5, 0.6) is 0 Å². The van der Waals surface area contributed by atoms with Crippen molar-refractivity contribution in [3.05, 3.63) is 47.3 Å². The van der Waals surface area contributed by atoms with E-state index in [9.17, 15) is 4.39 Å². The highest BCUT2D eigenvalue weighted by molar-refractivity contribution is 5.26. The molecule has 2 nitrogen and oxygen atoms in total. The zero-order chi connectivity index (χ0) is 17.4. The average Bonchev–Trinajstić information content (AvgIpc) is 2.63. The Morgan fingerprint density at radius 3 is 2.54 bits per heavy atom. The van der Waals surface area contributed by atoms with Gasteiger partial charge in [0.05, 0.1) is 5.60 Å². The first-order valence-corrected chi connectivity index (χ1v) is 9.02. The molecule has 0 radical (unpaired) electrons. The van der Waals surface area contributed by atoms with Gasteiger partial charge in [-0.05, 0) is 68.1 Å². The van der Waals surface area contributed by atoms with Gasteiger partial charge in [0.15, 0.2) is 5.83 Å². The van der Waals surface area contributed by atoms with E-state index in [0.29, 0.717) is 12.3 Å². The summed E-state index contributed by atoms with van der Waals surface area (Å²) in [4.78, 5) is 0. The lowest BCUT2D eigenvalue weighted by molar-refractivity contribution is -0.0483. The molecule has 130 valence electrons. The number of hydrogen-bond acceptors (Lipinski definition) is 2. The van der Waals surface area contributed by atoms with Crippen LogP contribution in [0.4, 0.5) is 4.39 Å². The molecule has 2 rings (SSSR count). The predicted molar refractivity (Wildman–Crippen MR) is 95.4 cm³/mol. The number of methoxy groups -OCH3 is 1. The van der Waals surface area contributed by atoms with Crippen molar-refractivity contribution in [3.8, 4) is 6.07 Å². The third-order valence-electron chi connectivity index (χ3n) is 5.35. The van der Waals surface area contributed by atoms with Crippen molar-refractivity contribution in [2.45, 2.75) is 69.8 Å². The van der Waals surface area contributed by atoms with E-state index in [2.05, 4.69) is 31.2 Å². The summed E-state index contributed by atoms with van der Waals surface area (Å²) in [5.41, 5.74) is 2.68. The Kier molecular flexibility index (Phi) is 6.99. The normalized spacial score (nSPS) is 24.6. The predicted octanol–water partition coefficient (Wildman–Crippen LogP) is 5.84. The van der Waals surface area contributed by atoms with Crippen LogP contribution in [0.2, 0.25) is 0 Å². The van der Waals surface area contributed by atoms with E-state index >= 15 is 0 Å². The zero-order valence-corrected chi connectivity index (χ0v) is 14.9. The average molecular weight is 329 g/mol. The van der Waals surface area contributed by atoms with Gasteiger partial charge < -0.3 is 4.74 Å². The SMILES string of the molecule is CCCc1ccc([C@H]2CC[C@@](CCC=C(F)C#N)(OC)CC2)cc1. The molecule has 24 heavy (non-hydrogen) atoms. The summed E-state index contributed by atoms with van der Waals surface area (Å²) in [7, 11) is 1.75. The van der Waals surface area contributed by atoms with E-state index in [1.807, 2.05) is 0 Å². The summed E-state index contributed by atoms with van der Waals surface area (Å²) in [6.45, 7) is 2.21. The molecule has 3 heteroatoms. The summed E-state index contributed by atoms with van der Waals surface area (Å²) in [6, 6.07) is 10.6. The lowest BCUT2D eigenvalue weighted by Gasteiger charge is -2.39. The van der Waals surface area contributed by atoms with Gasteiger partial charge in [-0.1, -0.05) is 37.6 Å². The Labute approximate surface area is 145 Å². The molecule has 0 heterocycles. The first kappa shape index (κ1) is 18.7. The lowest BCUT2D eigenvalue weighted by Crippen LogP contribution is -2.35. The summed E-state index contributed by atoms with van der Waals surface area (Å²) < 4.78 is 18.7. The molecular weight excluding hydrogens is 301 g/mol. The van der Waals surface area contributed by atoms with Crippen molar-refractivity contribution in [1.29, 1.82) is 5.26 Å². The molecule has 0 aromatic heterocycles. The Bertz CT molecular complexity index is 577. The van der Waals surface area contributed by atoms with Gasteiger partial charge in [-0.25, -0.2) is 0 Å². The second-order valence-electron chi connectivity index (χ2n) is 6.86. The van der Waals surface area contributed by atoms with Gasteiger partial charge in [-0.2, -0.15) is 9.65 Å². The molecule has 1 fully saturated rings. The fourth-order valence-corrected chi connectivity index (χ4v) is 3.79. The zero-order valence-electron chi connectivity index (χ0n) is 14.9.